The van der Waals surface area contributed by atoms with Crippen LogP contribution < -0.4 is 10.5 Å². The summed E-state index contributed by atoms with van der Waals surface area (Å²) in [5.41, 5.74) is 6.79. The average molecular weight is 237 g/mol. The third-order valence-electron chi connectivity index (χ3n) is 2.61. The molecule has 1 aromatic carbocycles. The molecule has 1 rings (SSSR count). The molecule has 0 heterocycles. The number of primary amides is 1. The molecule has 2 N–H and O–H groups in total. The Morgan fingerprint density at radius 2 is 2.06 bits per heavy atom. The number of methoxy groups -OCH3 is 2. The van der Waals surface area contributed by atoms with E-state index < -0.39 is 5.91 Å². The first-order valence-electron chi connectivity index (χ1n) is 5.64. The van der Waals surface area contributed by atoms with Gasteiger partial charge in [-0.15, -0.1) is 0 Å². The first kappa shape index (κ1) is 13.5. The molecule has 0 aliphatic rings. The lowest BCUT2D eigenvalue weighted by molar-refractivity contribution is 0.1000. The first-order chi connectivity index (χ1) is 8.19. The van der Waals surface area contributed by atoms with Crippen LogP contribution in [0.5, 0.6) is 5.75 Å². The van der Waals surface area contributed by atoms with E-state index in [9.17, 15) is 4.79 Å². The van der Waals surface area contributed by atoms with Gasteiger partial charge in [0.2, 0.25) is 5.91 Å². The van der Waals surface area contributed by atoms with E-state index in [0.29, 0.717) is 5.56 Å². The summed E-state index contributed by atoms with van der Waals surface area (Å²) in [5.74, 6) is 0.387. The van der Waals surface area contributed by atoms with E-state index in [1.165, 1.54) is 0 Å². The third-order valence-corrected chi connectivity index (χ3v) is 2.61. The van der Waals surface area contributed by atoms with E-state index in [4.69, 9.17) is 15.2 Å². The molecule has 4 nitrogen and oxygen atoms in total. The molecule has 0 aromatic heterocycles. The molecule has 17 heavy (non-hydrogen) atoms. The quantitative estimate of drug-likeness (QED) is 0.735. The van der Waals surface area contributed by atoms with E-state index in [-0.39, 0.29) is 0 Å². The molecule has 0 fully saturated rings. The van der Waals surface area contributed by atoms with Crippen LogP contribution in [0.3, 0.4) is 0 Å². The molecule has 94 valence electrons. The summed E-state index contributed by atoms with van der Waals surface area (Å²) in [5, 5.41) is 0. The Hall–Kier alpha value is -1.55. The zero-order valence-corrected chi connectivity index (χ0v) is 10.4. The van der Waals surface area contributed by atoms with Crippen LogP contribution in [0, 0.1) is 0 Å². The number of carbonyl (C=O) groups is 1. The van der Waals surface area contributed by atoms with Gasteiger partial charge in [0.25, 0.3) is 0 Å². The molecule has 1 amide bonds. The maximum Gasteiger partial charge on any atom is 0.248 e. The predicted molar refractivity (Wildman–Crippen MR) is 66.3 cm³/mol. The van der Waals surface area contributed by atoms with E-state index >= 15 is 0 Å². The van der Waals surface area contributed by atoms with Crippen LogP contribution in [-0.2, 0) is 11.2 Å². The summed E-state index contributed by atoms with van der Waals surface area (Å²) in [6.07, 6.45) is 2.83. The molecular weight excluding hydrogens is 218 g/mol. The van der Waals surface area contributed by atoms with Gasteiger partial charge in [0.05, 0.1) is 7.11 Å². The Morgan fingerprint density at radius 3 is 2.65 bits per heavy atom. The standard InChI is InChI=1S/C13H19NO3/c1-16-8-4-3-5-10-9-11(13(14)15)6-7-12(10)17-2/h6-7,9H,3-5,8H2,1-2H3,(H2,14,15). The maximum atomic E-state index is 11.1. The van der Waals surface area contributed by atoms with Crippen LogP contribution >= 0.6 is 0 Å². The van der Waals surface area contributed by atoms with Gasteiger partial charge >= 0.3 is 0 Å². The summed E-state index contributed by atoms with van der Waals surface area (Å²) in [7, 11) is 3.31. The molecule has 0 aliphatic carbocycles. The molecule has 0 atom stereocenters. The van der Waals surface area contributed by atoms with Gasteiger partial charge in [-0.3, -0.25) is 4.79 Å². The van der Waals surface area contributed by atoms with Gasteiger partial charge in [0, 0.05) is 19.3 Å². The minimum atomic E-state index is -0.411. The highest BCUT2D eigenvalue weighted by Gasteiger charge is 2.07. The summed E-state index contributed by atoms with van der Waals surface area (Å²) >= 11 is 0. The van der Waals surface area contributed by atoms with Gasteiger partial charge in [0.1, 0.15) is 5.75 Å². The summed E-state index contributed by atoms with van der Waals surface area (Å²) < 4.78 is 10.2. The fourth-order valence-electron chi connectivity index (χ4n) is 1.69. The van der Waals surface area contributed by atoms with Gasteiger partial charge in [-0.2, -0.15) is 0 Å². The number of rotatable bonds is 7. The van der Waals surface area contributed by atoms with Gasteiger partial charge in [-0.25, -0.2) is 0 Å². The highest BCUT2D eigenvalue weighted by Crippen LogP contribution is 2.21. The molecule has 0 unspecified atom stereocenters. The fraction of sp³-hybridized carbons (Fsp3) is 0.462. The lowest BCUT2D eigenvalue weighted by Crippen LogP contribution is -2.11. The molecule has 0 aliphatic heterocycles. The molecule has 0 spiro atoms. The van der Waals surface area contributed by atoms with Crippen molar-refractivity contribution < 1.29 is 14.3 Å². The van der Waals surface area contributed by atoms with Crippen LogP contribution in [-0.4, -0.2) is 26.7 Å². The number of hydrogen-bond acceptors (Lipinski definition) is 3. The van der Waals surface area contributed by atoms with Crippen LogP contribution in [0.15, 0.2) is 18.2 Å². The number of ether oxygens (including phenoxy) is 2. The number of unbranched alkanes of at least 4 members (excludes halogenated alkanes) is 1. The third kappa shape index (κ3) is 4.07. The van der Waals surface area contributed by atoms with E-state index in [1.807, 2.05) is 0 Å². The highest BCUT2D eigenvalue weighted by atomic mass is 16.5. The van der Waals surface area contributed by atoms with Crippen LogP contribution in [0.1, 0.15) is 28.8 Å². The predicted octanol–water partition coefficient (Wildman–Crippen LogP) is 1.76. The van der Waals surface area contributed by atoms with E-state index in [0.717, 1.165) is 37.2 Å². The maximum absolute atomic E-state index is 11.1. The molecule has 0 radical (unpaired) electrons. The van der Waals surface area contributed by atoms with Gasteiger partial charge in [-0.1, -0.05) is 0 Å². The lowest BCUT2D eigenvalue weighted by atomic mass is 10.0. The minimum Gasteiger partial charge on any atom is -0.496 e. The number of amides is 1. The molecule has 0 saturated heterocycles. The Morgan fingerprint density at radius 1 is 1.29 bits per heavy atom. The Kier molecular flexibility index (Phi) is 5.49. The largest absolute Gasteiger partial charge is 0.496 e. The van der Waals surface area contributed by atoms with Crippen LogP contribution in [0.2, 0.25) is 0 Å². The van der Waals surface area contributed by atoms with Crippen molar-refractivity contribution in [2.24, 2.45) is 5.73 Å². The normalized spacial score (nSPS) is 10.2. The Bertz CT molecular complexity index is 377. The van der Waals surface area contributed by atoms with E-state index in [1.54, 1.807) is 32.4 Å². The monoisotopic (exact) mass is 237 g/mol. The van der Waals surface area contributed by atoms with E-state index in [2.05, 4.69) is 0 Å². The first-order valence-corrected chi connectivity index (χ1v) is 5.64. The SMILES string of the molecule is COCCCCc1cc(C(N)=O)ccc1OC. The molecule has 4 heteroatoms. The van der Waals surface area contributed by atoms with Crippen molar-refractivity contribution >= 4 is 5.91 Å². The summed E-state index contributed by atoms with van der Waals surface area (Å²) in [6.45, 7) is 0.748. The van der Waals surface area contributed by atoms with Crippen molar-refractivity contribution in [2.45, 2.75) is 19.3 Å². The van der Waals surface area contributed by atoms with Crippen molar-refractivity contribution in [1.29, 1.82) is 0 Å². The van der Waals surface area contributed by atoms with Crippen molar-refractivity contribution in [3.63, 3.8) is 0 Å². The molecular formula is C13H19NO3. The molecule has 1 aromatic rings. The van der Waals surface area contributed by atoms with Crippen LogP contribution in [0.4, 0.5) is 0 Å². The number of nitrogens with two attached hydrogens (primary N) is 1. The zero-order chi connectivity index (χ0) is 12.7. The lowest BCUT2D eigenvalue weighted by Gasteiger charge is -2.09. The van der Waals surface area contributed by atoms with Crippen LogP contribution in [0.25, 0.3) is 0 Å². The molecule has 0 bridgehead atoms. The second-order valence-electron chi connectivity index (χ2n) is 3.84. The Balaban J connectivity index is 2.72. The van der Waals surface area contributed by atoms with Crippen molar-refractivity contribution in [2.75, 3.05) is 20.8 Å². The average Bonchev–Trinajstić information content (AvgIpc) is 2.34. The second-order valence-corrected chi connectivity index (χ2v) is 3.84. The second kappa shape index (κ2) is 6.91. The van der Waals surface area contributed by atoms with Crippen molar-refractivity contribution in [3.05, 3.63) is 29.3 Å². The Labute approximate surface area is 102 Å². The van der Waals surface area contributed by atoms with Crippen molar-refractivity contribution in [3.8, 4) is 5.75 Å². The number of hydrogen-bond donors (Lipinski definition) is 1. The number of benzene rings is 1. The smallest absolute Gasteiger partial charge is 0.248 e. The van der Waals surface area contributed by atoms with Crippen molar-refractivity contribution in [1.82, 2.24) is 0 Å². The summed E-state index contributed by atoms with van der Waals surface area (Å²) in [4.78, 5) is 11.1. The summed E-state index contributed by atoms with van der Waals surface area (Å²) in [6, 6.07) is 5.26. The molecule has 0 saturated carbocycles. The number of carbonyl (C=O) groups excluding carboxylic acids is 1. The minimum absolute atomic E-state index is 0.411. The zero-order valence-electron chi connectivity index (χ0n) is 10.4. The highest BCUT2D eigenvalue weighted by molar-refractivity contribution is 5.93. The number of aryl methyl sites for hydroxylation is 1. The van der Waals surface area contributed by atoms with Gasteiger partial charge in [0.15, 0.2) is 0 Å². The topological polar surface area (TPSA) is 61.5 Å². The van der Waals surface area contributed by atoms with Gasteiger partial charge in [-0.05, 0) is 43.0 Å². The fourth-order valence-corrected chi connectivity index (χ4v) is 1.69. The van der Waals surface area contributed by atoms with Gasteiger partial charge < -0.3 is 15.2 Å².